The minimum Gasteiger partial charge on any atom is -0.206 e. The largest absolute Gasteiger partial charge is 0.206 e. The van der Waals surface area contributed by atoms with Gasteiger partial charge < -0.3 is 0 Å². The molecule has 3 aromatic carbocycles. The van der Waals surface area contributed by atoms with Crippen LogP contribution in [0.4, 0.5) is 4.39 Å². The molecule has 0 nitrogen and oxygen atoms in total. The fraction of sp³-hybridized carbons (Fsp3) is 0.130. The number of benzene rings is 3. The Morgan fingerprint density at radius 2 is 1.50 bits per heavy atom. The van der Waals surface area contributed by atoms with Gasteiger partial charge in [-0.1, -0.05) is 73.4 Å². The average Bonchev–Trinajstić information content (AvgIpc) is 2.63. The van der Waals surface area contributed by atoms with Gasteiger partial charge in [0.1, 0.15) is 5.82 Å². The third-order valence-electron chi connectivity index (χ3n) is 3.88. The van der Waals surface area contributed by atoms with Crippen molar-refractivity contribution in [2.24, 2.45) is 0 Å². The zero-order chi connectivity index (χ0) is 16.8. The minimum atomic E-state index is -0.203. The predicted molar refractivity (Wildman–Crippen MR) is 99.1 cm³/mol. The van der Waals surface area contributed by atoms with E-state index in [0.717, 1.165) is 35.1 Å². The lowest BCUT2D eigenvalue weighted by Gasteiger charge is -2.07. The fourth-order valence-corrected chi connectivity index (χ4v) is 2.58. The van der Waals surface area contributed by atoms with E-state index in [0.29, 0.717) is 5.56 Å². The second-order valence-electron chi connectivity index (χ2n) is 5.69. The van der Waals surface area contributed by atoms with Gasteiger partial charge in [0.15, 0.2) is 0 Å². The van der Waals surface area contributed by atoms with E-state index in [1.165, 1.54) is 0 Å². The quantitative estimate of drug-likeness (QED) is 0.497. The smallest absolute Gasteiger partial charge is 0.131 e. The standard InChI is InChI=1S/C23H19F/c1-2-3-5-8-18-11-13-19(14-12-18)21-15-16-22(23(24)17-21)20-9-6-4-7-10-20/h4,6-7,9-17H,2-3H2,1H3. The monoisotopic (exact) mass is 314 g/mol. The van der Waals surface area contributed by atoms with Crippen molar-refractivity contribution in [1.82, 2.24) is 0 Å². The second-order valence-corrected chi connectivity index (χ2v) is 5.69. The van der Waals surface area contributed by atoms with Crippen molar-refractivity contribution >= 4 is 0 Å². The molecule has 0 radical (unpaired) electrons. The second kappa shape index (κ2) is 7.62. The van der Waals surface area contributed by atoms with E-state index in [1.54, 1.807) is 6.07 Å². The maximum atomic E-state index is 14.5. The number of rotatable bonds is 3. The van der Waals surface area contributed by atoms with Crippen LogP contribution in [0.3, 0.4) is 0 Å². The summed E-state index contributed by atoms with van der Waals surface area (Å²) >= 11 is 0. The van der Waals surface area contributed by atoms with Crippen molar-refractivity contribution in [2.45, 2.75) is 19.8 Å². The van der Waals surface area contributed by atoms with E-state index in [9.17, 15) is 4.39 Å². The van der Waals surface area contributed by atoms with Crippen molar-refractivity contribution in [3.63, 3.8) is 0 Å². The van der Waals surface area contributed by atoms with Crippen LogP contribution in [-0.2, 0) is 0 Å². The summed E-state index contributed by atoms with van der Waals surface area (Å²) in [5.74, 6) is 6.07. The first-order chi connectivity index (χ1) is 11.8. The molecule has 0 aliphatic rings. The molecule has 3 aromatic rings. The van der Waals surface area contributed by atoms with E-state index in [2.05, 4.69) is 18.8 Å². The average molecular weight is 314 g/mol. The van der Waals surface area contributed by atoms with Crippen LogP contribution in [-0.4, -0.2) is 0 Å². The van der Waals surface area contributed by atoms with Crippen LogP contribution in [0.15, 0.2) is 72.8 Å². The number of hydrogen-bond donors (Lipinski definition) is 0. The normalized spacial score (nSPS) is 10.1. The van der Waals surface area contributed by atoms with Crippen LogP contribution < -0.4 is 0 Å². The molecule has 24 heavy (non-hydrogen) atoms. The lowest BCUT2D eigenvalue weighted by atomic mass is 9.99. The molecule has 0 saturated carbocycles. The first-order valence-corrected chi connectivity index (χ1v) is 8.22. The predicted octanol–water partition coefficient (Wildman–Crippen LogP) is 6.31. The van der Waals surface area contributed by atoms with Crippen LogP contribution in [0, 0.1) is 17.7 Å². The van der Waals surface area contributed by atoms with Gasteiger partial charge in [-0.15, -0.1) is 0 Å². The fourth-order valence-electron chi connectivity index (χ4n) is 2.58. The highest BCUT2D eigenvalue weighted by Crippen LogP contribution is 2.28. The zero-order valence-corrected chi connectivity index (χ0v) is 13.7. The highest BCUT2D eigenvalue weighted by molar-refractivity contribution is 5.71. The molecule has 0 heterocycles. The molecule has 118 valence electrons. The van der Waals surface area contributed by atoms with E-state index < -0.39 is 0 Å². The van der Waals surface area contributed by atoms with E-state index in [-0.39, 0.29) is 5.82 Å². The Morgan fingerprint density at radius 1 is 0.792 bits per heavy atom. The molecule has 0 spiro atoms. The first kappa shape index (κ1) is 16.0. The summed E-state index contributed by atoms with van der Waals surface area (Å²) in [6.07, 6.45) is 1.98. The van der Waals surface area contributed by atoms with E-state index in [4.69, 9.17) is 0 Å². The Morgan fingerprint density at radius 3 is 2.17 bits per heavy atom. The molecule has 0 atom stereocenters. The van der Waals surface area contributed by atoms with E-state index in [1.807, 2.05) is 66.7 Å². The van der Waals surface area contributed by atoms with Crippen LogP contribution in [0.1, 0.15) is 25.3 Å². The highest BCUT2D eigenvalue weighted by atomic mass is 19.1. The highest BCUT2D eigenvalue weighted by Gasteiger charge is 2.07. The molecule has 0 aliphatic carbocycles. The lowest BCUT2D eigenvalue weighted by Crippen LogP contribution is -1.86. The summed E-state index contributed by atoms with van der Waals surface area (Å²) in [4.78, 5) is 0. The van der Waals surface area contributed by atoms with Gasteiger partial charge in [0.25, 0.3) is 0 Å². The Bertz CT molecular complexity index is 865. The summed E-state index contributed by atoms with van der Waals surface area (Å²) in [7, 11) is 0. The molecule has 0 amide bonds. The van der Waals surface area contributed by atoms with Gasteiger partial charge in [-0.3, -0.25) is 0 Å². The summed E-state index contributed by atoms with van der Waals surface area (Å²) in [6.45, 7) is 2.12. The summed E-state index contributed by atoms with van der Waals surface area (Å²) < 4.78 is 14.5. The number of unbranched alkanes of at least 4 members (excludes halogenated alkanes) is 1. The van der Waals surface area contributed by atoms with Gasteiger partial charge in [0.2, 0.25) is 0 Å². The van der Waals surface area contributed by atoms with Crippen molar-refractivity contribution in [3.8, 4) is 34.1 Å². The minimum absolute atomic E-state index is 0.203. The van der Waals surface area contributed by atoms with Crippen molar-refractivity contribution in [2.75, 3.05) is 0 Å². The molecular weight excluding hydrogens is 295 g/mol. The summed E-state index contributed by atoms with van der Waals surface area (Å²) in [5.41, 5.74) is 4.38. The molecule has 0 saturated heterocycles. The number of hydrogen-bond acceptors (Lipinski definition) is 0. The van der Waals surface area contributed by atoms with Gasteiger partial charge in [0.05, 0.1) is 0 Å². The molecule has 0 N–H and O–H groups in total. The van der Waals surface area contributed by atoms with Gasteiger partial charge in [-0.2, -0.15) is 0 Å². The van der Waals surface area contributed by atoms with Crippen LogP contribution in [0.2, 0.25) is 0 Å². The zero-order valence-electron chi connectivity index (χ0n) is 13.7. The van der Waals surface area contributed by atoms with Gasteiger partial charge in [-0.25, -0.2) is 4.39 Å². The van der Waals surface area contributed by atoms with Gasteiger partial charge >= 0.3 is 0 Å². The SMILES string of the molecule is CCCC#Cc1ccc(-c2ccc(-c3ccccc3)c(F)c2)cc1. The van der Waals surface area contributed by atoms with E-state index >= 15 is 0 Å². The molecule has 0 fully saturated rings. The van der Waals surface area contributed by atoms with Crippen LogP contribution in [0.25, 0.3) is 22.3 Å². The first-order valence-electron chi connectivity index (χ1n) is 8.22. The van der Waals surface area contributed by atoms with Crippen molar-refractivity contribution in [3.05, 3.63) is 84.2 Å². The summed E-state index contributed by atoms with van der Waals surface area (Å²) in [6, 6.07) is 23.0. The third kappa shape index (κ3) is 3.73. The maximum absolute atomic E-state index is 14.5. The Balaban J connectivity index is 1.86. The molecule has 0 bridgehead atoms. The Hall–Kier alpha value is -2.85. The molecule has 0 aromatic heterocycles. The maximum Gasteiger partial charge on any atom is 0.131 e. The molecule has 0 aliphatic heterocycles. The topological polar surface area (TPSA) is 0 Å². The van der Waals surface area contributed by atoms with Crippen molar-refractivity contribution < 1.29 is 4.39 Å². The van der Waals surface area contributed by atoms with Crippen molar-refractivity contribution in [1.29, 1.82) is 0 Å². The molecular formula is C23H19F. The third-order valence-corrected chi connectivity index (χ3v) is 3.88. The number of halogens is 1. The molecule has 3 rings (SSSR count). The van der Waals surface area contributed by atoms with Gasteiger partial charge in [0, 0.05) is 17.5 Å². The van der Waals surface area contributed by atoms with Crippen LogP contribution in [0.5, 0.6) is 0 Å². The van der Waals surface area contributed by atoms with Gasteiger partial charge in [-0.05, 0) is 41.3 Å². The molecule has 1 heteroatoms. The Labute approximate surface area is 143 Å². The molecule has 0 unspecified atom stereocenters. The Kier molecular flexibility index (Phi) is 5.08. The van der Waals surface area contributed by atoms with Crippen LogP contribution >= 0.6 is 0 Å². The summed E-state index contributed by atoms with van der Waals surface area (Å²) in [5, 5.41) is 0. The lowest BCUT2D eigenvalue weighted by molar-refractivity contribution is 0.632.